The summed E-state index contributed by atoms with van der Waals surface area (Å²) in [6.45, 7) is 4.32. The lowest BCUT2D eigenvalue weighted by Crippen LogP contribution is -2.20. The van der Waals surface area contributed by atoms with Gasteiger partial charge in [0.2, 0.25) is 0 Å². The Kier molecular flexibility index (Phi) is 19.7. The summed E-state index contributed by atoms with van der Waals surface area (Å²) in [5.41, 5.74) is 0. The lowest BCUT2D eigenvalue weighted by molar-refractivity contribution is 0.150. The van der Waals surface area contributed by atoms with Crippen molar-refractivity contribution < 1.29 is 18.1 Å². The number of aliphatic hydroxyl groups excluding tert-OH is 1. The monoisotopic (exact) mass is 434 g/mol. The van der Waals surface area contributed by atoms with Crippen molar-refractivity contribution in [2.24, 2.45) is 0 Å². The number of hydrogen-bond donors (Lipinski definition) is 2. The van der Waals surface area contributed by atoms with E-state index in [2.05, 4.69) is 13.8 Å². The van der Waals surface area contributed by atoms with Crippen LogP contribution in [0.15, 0.2) is 0 Å². The van der Waals surface area contributed by atoms with Gasteiger partial charge in [-0.1, -0.05) is 117 Å². The molecule has 0 aromatic rings. The molecule has 0 radical (unpaired) electrons. The third-order valence-electron chi connectivity index (χ3n) is 5.99. The maximum absolute atomic E-state index is 11.6. The topological polar surface area (TPSA) is 74.6 Å². The molecule has 0 aliphatic carbocycles. The van der Waals surface area contributed by atoms with Crippen LogP contribution < -0.4 is 0 Å². The molecule has 0 rings (SSSR count). The Hall–Kier alpha value is -0.130. The Labute approximate surface area is 182 Å². The number of unbranched alkanes of at least 4 members (excludes halogenated alkanes) is 13. The first-order valence-corrected chi connectivity index (χ1v) is 14.1. The van der Waals surface area contributed by atoms with E-state index in [9.17, 15) is 18.1 Å². The lowest BCUT2D eigenvalue weighted by atomic mass is 10.0. The highest BCUT2D eigenvalue weighted by molar-refractivity contribution is 7.86. The summed E-state index contributed by atoms with van der Waals surface area (Å²) in [6.07, 6.45) is 21.3. The van der Waals surface area contributed by atoms with Crippen molar-refractivity contribution >= 4 is 10.1 Å². The molecule has 2 unspecified atom stereocenters. The molecule has 0 amide bonds. The van der Waals surface area contributed by atoms with Crippen molar-refractivity contribution in [1.29, 1.82) is 0 Å². The Balaban J connectivity index is 3.70. The van der Waals surface area contributed by atoms with Gasteiger partial charge >= 0.3 is 0 Å². The average Bonchev–Trinajstić information content (AvgIpc) is 2.66. The van der Waals surface area contributed by atoms with Crippen LogP contribution in [0, 0.1) is 0 Å². The largest absolute Gasteiger partial charge is 0.393 e. The minimum Gasteiger partial charge on any atom is -0.393 e. The molecule has 0 bridgehead atoms. The van der Waals surface area contributed by atoms with E-state index in [-0.39, 0.29) is 6.10 Å². The summed E-state index contributed by atoms with van der Waals surface area (Å²) in [7, 11) is -3.93. The van der Waals surface area contributed by atoms with Crippen LogP contribution >= 0.6 is 0 Å². The van der Waals surface area contributed by atoms with Gasteiger partial charge in [-0.15, -0.1) is 0 Å². The second-order valence-corrected chi connectivity index (χ2v) is 10.6. The fourth-order valence-electron chi connectivity index (χ4n) is 4.06. The van der Waals surface area contributed by atoms with Gasteiger partial charge in [-0.2, -0.15) is 8.42 Å². The van der Waals surface area contributed by atoms with Crippen molar-refractivity contribution in [2.45, 2.75) is 154 Å². The van der Waals surface area contributed by atoms with Gasteiger partial charge in [-0.25, -0.2) is 0 Å². The van der Waals surface area contributed by atoms with Gasteiger partial charge in [0.05, 0.1) is 11.4 Å². The van der Waals surface area contributed by atoms with Crippen LogP contribution in [0.25, 0.3) is 0 Å². The maximum atomic E-state index is 11.6. The van der Waals surface area contributed by atoms with Gasteiger partial charge in [0.25, 0.3) is 10.1 Å². The van der Waals surface area contributed by atoms with Gasteiger partial charge in [-0.3, -0.25) is 4.55 Å². The van der Waals surface area contributed by atoms with E-state index < -0.39 is 15.4 Å². The Morgan fingerprint density at radius 2 is 0.931 bits per heavy atom. The van der Waals surface area contributed by atoms with Gasteiger partial charge in [0, 0.05) is 0 Å². The van der Waals surface area contributed by atoms with Crippen molar-refractivity contribution in [3.05, 3.63) is 0 Å². The molecule has 0 aromatic carbocycles. The standard InChI is InChI=1S/C24H50O4S/c1-3-5-6-7-8-9-10-11-12-13-17-21-24(29(26,27)28)22-18-15-14-16-20-23(25)19-4-2/h23-25H,3-22H2,1-2H3,(H,26,27,28). The molecule has 0 saturated heterocycles. The summed E-state index contributed by atoms with van der Waals surface area (Å²) >= 11 is 0. The first kappa shape index (κ1) is 28.9. The van der Waals surface area contributed by atoms with Gasteiger partial charge in [0.15, 0.2) is 0 Å². The third kappa shape index (κ3) is 19.6. The highest BCUT2D eigenvalue weighted by atomic mass is 32.2. The molecule has 0 spiro atoms. The van der Waals surface area contributed by atoms with Crippen LogP contribution in [0.2, 0.25) is 0 Å². The van der Waals surface area contributed by atoms with Crippen molar-refractivity contribution in [1.82, 2.24) is 0 Å². The molecule has 29 heavy (non-hydrogen) atoms. The van der Waals surface area contributed by atoms with E-state index in [0.717, 1.165) is 57.8 Å². The third-order valence-corrected chi connectivity index (χ3v) is 7.30. The molecule has 2 N–H and O–H groups in total. The molecular formula is C24H50O4S. The average molecular weight is 435 g/mol. The van der Waals surface area contributed by atoms with E-state index in [1.54, 1.807) is 0 Å². The number of hydrogen-bond acceptors (Lipinski definition) is 3. The van der Waals surface area contributed by atoms with E-state index in [1.807, 2.05) is 0 Å². The van der Waals surface area contributed by atoms with Crippen LogP contribution in [0.4, 0.5) is 0 Å². The zero-order valence-corrected chi connectivity index (χ0v) is 20.2. The van der Waals surface area contributed by atoms with Gasteiger partial charge in [-0.05, 0) is 25.7 Å². The predicted octanol–water partition coefficient (Wildman–Crippen LogP) is 7.45. The molecule has 176 valence electrons. The highest BCUT2D eigenvalue weighted by Crippen LogP contribution is 2.19. The van der Waals surface area contributed by atoms with Crippen LogP contribution in [0.3, 0.4) is 0 Å². The first-order valence-electron chi connectivity index (χ1n) is 12.6. The van der Waals surface area contributed by atoms with Crippen LogP contribution in [-0.2, 0) is 10.1 Å². The van der Waals surface area contributed by atoms with Gasteiger partial charge < -0.3 is 5.11 Å². The minimum absolute atomic E-state index is 0.188. The molecular weight excluding hydrogens is 384 g/mol. The smallest absolute Gasteiger partial charge is 0.267 e. The Bertz CT molecular complexity index is 436. The van der Waals surface area contributed by atoms with Crippen molar-refractivity contribution in [3.63, 3.8) is 0 Å². The molecule has 0 fully saturated rings. The quantitative estimate of drug-likeness (QED) is 0.137. The fraction of sp³-hybridized carbons (Fsp3) is 1.00. The fourth-order valence-corrected chi connectivity index (χ4v) is 4.99. The summed E-state index contributed by atoms with van der Waals surface area (Å²) in [6, 6.07) is 0. The SMILES string of the molecule is CCCCCCCCCCCCCC(CCCCCCC(O)CCC)S(=O)(=O)O. The Morgan fingerprint density at radius 1 is 0.552 bits per heavy atom. The summed E-state index contributed by atoms with van der Waals surface area (Å²) in [5, 5.41) is 9.13. The molecule has 5 heteroatoms. The van der Waals surface area contributed by atoms with E-state index in [0.29, 0.717) is 12.8 Å². The molecule has 2 atom stereocenters. The molecule has 0 heterocycles. The van der Waals surface area contributed by atoms with Crippen LogP contribution in [0.5, 0.6) is 0 Å². The van der Waals surface area contributed by atoms with Crippen LogP contribution in [-0.4, -0.2) is 29.4 Å². The maximum Gasteiger partial charge on any atom is 0.267 e. The summed E-state index contributed by atoms with van der Waals surface area (Å²) < 4.78 is 32.8. The molecule has 0 saturated carbocycles. The molecule has 0 aliphatic heterocycles. The first-order chi connectivity index (χ1) is 13.9. The predicted molar refractivity (Wildman–Crippen MR) is 125 cm³/mol. The second-order valence-electron chi connectivity index (χ2n) is 8.90. The zero-order chi connectivity index (χ0) is 21.8. The summed E-state index contributed by atoms with van der Waals surface area (Å²) in [5.74, 6) is 0. The van der Waals surface area contributed by atoms with Crippen LogP contribution in [0.1, 0.15) is 142 Å². The second kappa shape index (κ2) is 19.8. The van der Waals surface area contributed by atoms with Gasteiger partial charge in [0.1, 0.15) is 0 Å². The highest BCUT2D eigenvalue weighted by Gasteiger charge is 2.21. The zero-order valence-electron chi connectivity index (χ0n) is 19.4. The molecule has 0 aromatic heterocycles. The van der Waals surface area contributed by atoms with E-state index in [4.69, 9.17) is 0 Å². The molecule has 0 aliphatic rings. The van der Waals surface area contributed by atoms with Crippen molar-refractivity contribution in [3.8, 4) is 0 Å². The van der Waals surface area contributed by atoms with Crippen molar-refractivity contribution in [2.75, 3.05) is 0 Å². The Morgan fingerprint density at radius 3 is 1.31 bits per heavy atom. The number of rotatable bonds is 22. The van der Waals surface area contributed by atoms with E-state index in [1.165, 1.54) is 57.8 Å². The molecule has 4 nitrogen and oxygen atoms in total. The van der Waals surface area contributed by atoms with E-state index >= 15 is 0 Å². The number of aliphatic hydroxyl groups is 1. The minimum atomic E-state index is -3.93. The lowest BCUT2D eigenvalue weighted by Gasteiger charge is -2.14. The normalized spacial score (nSPS) is 14.2. The summed E-state index contributed by atoms with van der Waals surface area (Å²) in [4.78, 5) is 0.